The Bertz CT molecular complexity index is 106. The van der Waals surface area contributed by atoms with E-state index in [4.69, 9.17) is 0 Å². The molecular formula is C10H20. The molecule has 0 heteroatoms. The van der Waals surface area contributed by atoms with Crippen LogP contribution in [0.2, 0.25) is 0 Å². The molecule has 0 aliphatic heterocycles. The minimum Gasteiger partial charge on any atom is -0.0599 e. The molecule has 0 heterocycles. The van der Waals surface area contributed by atoms with Crippen LogP contribution in [0.15, 0.2) is 0 Å². The Kier molecular flexibility index (Phi) is 1.82. The van der Waals surface area contributed by atoms with Crippen LogP contribution < -0.4 is 0 Å². The van der Waals surface area contributed by atoms with Crippen LogP contribution in [-0.4, -0.2) is 0 Å². The maximum Gasteiger partial charge on any atom is -0.0349 e. The van der Waals surface area contributed by atoms with E-state index in [-0.39, 0.29) is 0 Å². The van der Waals surface area contributed by atoms with Gasteiger partial charge in [0.25, 0.3) is 0 Å². The Morgan fingerprint density at radius 1 is 0.800 bits per heavy atom. The lowest BCUT2D eigenvalue weighted by Crippen LogP contribution is -2.28. The van der Waals surface area contributed by atoms with Gasteiger partial charge in [0.05, 0.1) is 0 Å². The van der Waals surface area contributed by atoms with Gasteiger partial charge in [-0.15, -0.1) is 0 Å². The van der Waals surface area contributed by atoms with Crippen LogP contribution in [-0.2, 0) is 0 Å². The molecule has 0 radical (unpaired) electrons. The molecule has 1 rings (SSSR count). The highest BCUT2D eigenvalue weighted by molar-refractivity contribution is 4.84. The summed E-state index contributed by atoms with van der Waals surface area (Å²) in [5.74, 6) is 0. The smallest absolute Gasteiger partial charge is 0.0349 e. The van der Waals surface area contributed by atoms with E-state index in [9.17, 15) is 0 Å². The third-order valence-corrected chi connectivity index (χ3v) is 2.66. The molecule has 1 saturated carbocycles. The molecule has 0 aromatic carbocycles. The highest BCUT2D eigenvalue weighted by atomic mass is 14.4. The Hall–Kier alpha value is 0. The topological polar surface area (TPSA) is 0 Å². The fourth-order valence-corrected chi connectivity index (χ4v) is 2.52. The highest BCUT2D eigenvalue weighted by Crippen LogP contribution is 2.45. The van der Waals surface area contributed by atoms with Gasteiger partial charge in [-0.1, -0.05) is 34.1 Å². The molecule has 0 saturated heterocycles. The second kappa shape index (κ2) is 2.25. The van der Waals surface area contributed by atoms with Gasteiger partial charge < -0.3 is 0 Å². The summed E-state index contributed by atoms with van der Waals surface area (Å²) in [5.41, 5.74) is 1.23. The van der Waals surface area contributed by atoms with Gasteiger partial charge in [0.15, 0.2) is 0 Å². The zero-order chi connectivity index (χ0) is 7.83. The molecule has 1 aliphatic carbocycles. The molecule has 0 N–H and O–H groups in total. The first-order chi connectivity index (χ1) is 4.41. The van der Waals surface area contributed by atoms with Crippen LogP contribution in [0.25, 0.3) is 0 Å². The van der Waals surface area contributed by atoms with Gasteiger partial charge in [-0.25, -0.2) is 0 Å². The summed E-state index contributed by atoms with van der Waals surface area (Å²) in [5, 5.41) is 0. The lowest BCUT2D eigenvalue weighted by molar-refractivity contribution is 0.116. The minimum absolute atomic E-state index is 0.613. The Balaban J connectivity index is 2.56. The van der Waals surface area contributed by atoms with E-state index in [2.05, 4.69) is 27.7 Å². The summed E-state index contributed by atoms with van der Waals surface area (Å²) in [6, 6.07) is 0. The second-order valence-corrected chi connectivity index (χ2v) is 5.36. The molecular weight excluding hydrogens is 120 g/mol. The van der Waals surface area contributed by atoms with E-state index in [1.54, 1.807) is 0 Å². The van der Waals surface area contributed by atoms with Crippen molar-refractivity contribution in [3.05, 3.63) is 0 Å². The third-order valence-electron chi connectivity index (χ3n) is 2.66. The summed E-state index contributed by atoms with van der Waals surface area (Å²) >= 11 is 0. The molecule has 0 aromatic rings. The SMILES string of the molecule is CC1(C)CCCC(C)(C)C1. The molecule has 60 valence electrons. The van der Waals surface area contributed by atoms with Crippen molar-refractivity contribution >= 4 is 0 Å². The van der Waals surface area contributed by atoms with Gasteiger partial charge in [-0.2, -0.15) is 0 Å². The maximum absolute atomic E-state index is 2.40. The van der Waals surface area contributed by atoms with E-state index < -0.39 is 0 Å². The van der Waals surface area contributed by atoms with Crippen LogP contribution in [0.1, 0.15) is 53.4 Å². The normalized spacial score (nSPS) is 30.0. The van der Waals surface area contributed by atoms with Crippen LogP contribution in [0.3, 0.4) is 0 Å². The second-order valence-electron chi connectivity index (χ2n) is 5.36. The standard InChI is InChI=1S/C10H20/c1-9(2)6-5-7-10(3,4)8-9/h5-8H2,1-4H3. The molecule has 0 unspecified atom stereocenters. The van der Waals surface area contributed by atoms with Crippen molar-refractivity contribution in [1.29, 1.82) is 0 Å². The molecule has 0 aromatic heterocycles. The lowest BCUT2D eigenvalue weighted by atomic mass is 9.65. The Morgan fingerprint density at radius 2 is 1.20 bits per heavy atom. The summed E-state index contributed by atoms with van der Waals surface area (Å²) in [6.07, 6.45) is 5.69. The summed E-state index contributed by atoms with van der Waals surface area (Å²) in [7, 11) is 0. The summed E-state index contributed by atoms with van der Waals surface area (Å²) in [4.78, 5) is 0. The number of hydrogen-bond donors (Lipinski definition) is 0. The molecule has 0 nitrogen and oxygen atoms in total. The Labute approximate surface area is 65.0 Å². The van der Waals surface area contributed by atoms with Crippen molar-refractivity contribution in [1.82, 2.24) is 0 Å². The van der Waals surface area contributed by atoms with Crippen molar-refractivity contribution < 1.29 is 0 Å². The maximum atomic E-state index is 2.40. The predicted octanol–water partition coefficient (Wildman–Crippen LogP) is 3.61. The van der Waals surface area contributed by atoms with Crippen molar-refractivity contribution in [3.8, 4) is 0 Å². The van der Waals surface area contributed by atoms with Gasteiger partial charge in [-0.05, 0) is 30.1 Å². The van der Waals surface area contributed by atoms with Gasteiger partial charge in [0, 0.05) is 0 Å². The van der Waals surface area contributed by atoms with Crippen molar-refractivity contribution in [3.63, 3.8) is 0 Å². The Morgan fingerprint density at radius 3 is 1.40 bits per heavy atom. The molecule has 1 fully saturated rings. The van der Waals surface area contributed by atoms with Gasteiger partial charge >= 0.3 is 0 Å². The first-order valence-corrected chi connectivity index (χ1v) is 4.41. The molecule has 10 heavy (non-hydrogen) atoms. The largest absolute Gasteiger partial charge is 0.0599 e. The lowest BCUT2D eigenvalue weighted by Gasteiger charge is -2.40. The molecule has 0 amide bonds. The number of hydrogen-bond acceptors (Lipinski definition) is 0. The van der Waals surface area contributed by atoms with Crippen LogP contribution in [0.5, 0.6) is 0 Å². The first-order valence-electron chi connectivity index (χ1n) is 4.41. The molecule has 1 aliphatic rings. The summed E-state index contributed by atoms with van der Waals surface area (Å²) < 4.78 is 0. The van der Waals surface area contributed by atoms with E-state index in [0.29, 0.717) is 10.8 Å². The van der Waals surface area contributed by atoms with Gasteiger partial charge in [-0.3, -0.25) is 0 Å². The molecule has 0 bridgehead atoms. The van der Waals surface area contributed by atoms with Crippen LogP contribution in [0.4, 0.5) is 0 Å². The monoisotopic (exact) mass is 140 g/mol. The first kappa shape index (κ1) is 8.10. The van der Waals surface area contributed by atoms with E-state index >= 15 is 0 Å². The molecule has 0 spiro atoms. The average Bonchev–Trinajstić information content (AvgIpc) is 1.56. The minimum atomic E-state index is 0.613. The van der Waals surface area contributed by atoms with Gasteiger partial charge in [0.1, 0.15) is 0 Å². The zero-order valence-electron chi connectivity index (χ0n) is 7.83. The van der Waals surface area contributed by atoms with Gasteiger partial charge in [0.2, 0.25) is 0 Å². The van der Waals surface area contributed by atoms with Crippen molar-refractivity contribution in [2.45, 2.75) is 53.4 Å². The van der Waals surface area contributed by atoms with E-state index in [1.165, 1.54) is 25.7 Å². The van der Waals surface area contributed by atoms with E-state index in [1.807, 2.05) is 0 Å². The fourth-order valence-electron chi connectivity index (χ4n) is 2.52. The highest BCUT2D eigenvalue weighted by Gasteiger charge is 2.32. The van der Waals surface area contributed by atoms with E-state index in [0.717, 1.165) is 0 Å². The summed E-state index contributed by atoms with van der Waals surface area (Å²) in [6.45, 7) is 9.59. The quantitative estimate of drug-likeness (QED) is 0.482. The predicted molar refractivity (Wildman–Crippen MR) is 46.0 cm³/mol. The third kappa shape index (κ3) is 2.00. The zero-order valence-corrected chi connectivity index (χ0v) is 7.83. The average molecular weight is 140 g/mol. The van der Waals surface area contributed by atoms with Crippen molar-refractivity contribution in [2.75, 3.05) is 0 Å². The molecule has 0 atom stereocenters. The van der Waals surface area contributed by atoms with Crippen LogP contribution in [0, 0.1) is 10.8 Å². The fraction of sp³-hybridized carbons (Fsp3) is 1.00. The van der Waals surface area contributed by atoms with Crippen LogP contribution >= 0.6 is 0 Å². The number of rotatable bonds is 0. The van der Waals surface area contributed by atoms with Crippen molar-refractivity contribution in [2.24, 2.45) is 10.8 Å².